The molecule has 0 saturated carbocycles. The van der Waals surface area contributed by atoms with E-state index in [1.165, 1.54) is 0 Å². The Morgan fingerprint density at radius 3 is 2.94 bits per heavy atom. The predicted molar refractivity (Wildman–Crippen MR) is 75.1 cm³/mol. The fraction of sp³-hybridized carbons (Fsp3) is 0.538. The quantitative estimate of drug-likeness (QED) is 0.657. The molecule has 18 heavy (non-hydrogen) atoms. The Morgan fingerprint density at radius 1 is 1.44 bits per heavy atom. The van der Waals surface area contributed by atoms with Crippen LogP contribution >= 0.6 is 11.8 Å². The number of nitrogens with zero attached hydrogens (tertiary/aromatic N) is 1. The number of aryl methyl sites for hydroxylation is 1. The summed E-state index contributed by atoms with van der Waals surface area (Å²) in [6.07, 6.45) is 1.81. The van der Waals surface area contributed by atoms with E-state index in [9.17, 15) is 10.1 Å². The predicted octanol–water partition coefficient (Wildman–Crippen LogP) is 2.48. The average Bonchev–Trinajstić information content (AvgIpc) is 2.84. The van der Waals surface area contributed by atoms with Crippen LogP contribution in [0, 0.1) is 16.0 Å². The number of nitro benzene ring substituents is 1. The van der Waals surface area contributed by atoms with Gasteiger partial charge in [0.1, 0.15) is 0 Å². The molecular weight excluding hydrogens is 248 g/mol. The first-order valence-electron chi connectivity index (χ1n) is 6.19. The van der Waals surface area contributed by atoms with Gasteiger partial charge in [-0.05, 0) is 31.6 Å². The molecule has 1 aliphatic rings. The fourth-order valence-corrected chi connectivity index (χ4v) is 3.97. The number of nitro groups is 1. The normalized spacial score (nSPS) is 23.2. The van der Waals surface area contributed by atoms with Gasteiger partial charge in [0, 0.05) is 23.4 Å². The van der Waals surface area contributed by atoms with Gasteiger partial charge in [0.2, 0.25) is 0 Å². The molecule has 0 bridgehead atoms. The SMILES string of the molecule is CNC1CSCC1CCc1ccccc1[N+](=O)[O-]. The van der Waals surface area contributed by atoms with E-state index in [4.69, 9.17) is 0 Å². The molecule has 1 aliphatic heterocycles. The van der Waals surface area contributed by atoms with E-state index in [2.05, 4.69) is 5.32 Å². The third-order valence-electron chi connectivity index (χ3n) is 3.54. The second kappa shape index (κ2) is 6.20. The molecule has 0 spiro atoms. The standard InChI is InChI=1S/C13H18N2O2S/c1-14-12-9-18-8-11(12)7-6-10-4-2-3-5-13(10)15(16)17/h2-5,11-12,14H,6-9H2,1H3. The van der Waals surface area contributed by atoms with E-state index in [0.29, 0.717) is 12.0 Å². The Hall–Kier alpha value is -1.07. The molecule has 4 nitrogen and oxygen atoms in total. The maximum absolute atomic E-state index is 10.9. The lowest BCUT2D eigenvalue weighted by Gasteiger charge is -2.17. The van der Waals surface area contributed by atoms with Crippen molar-refractivity contribution >= 4 is 17.4 Å². The fourth-order valence-electron chi connectivity index (χ4n) is 2.44. The van der Waals surface area contributed by atoms with Crippen LogP contribution < -0.4 is 5.32 Å². The zero-order valence-electron chi connectivity index (χ0n) is 10.5. The summed E-state index contributed by atoms with van der Waals surface area (Å²) in [4.78, 5) is 10.6. The van der Waals surface area contributed by atoms with Crippen molar-refractivity contribution in [3.63, 3.8) is 0 Å². The second-order valence-corrected chi connectivity index (χ2v) is 5.69. The first kappa shape index (κ1) is 13.4. The summed E-state index contributed by atoms with van der Waals surface area (Å²) >= 11 is 1.96. The van der Waals surface area contributed by atoms with Gasteiger partial charge >= 0.3 is 0 Å². The molecule has 1 heterocycles. The van der Waals surface area contributed by atoms with Gasteiger partial charge in [0.25, 0.3) is 5.69 Å². The highest BCUT2D eigenvalue weighted by Crippen LogP contribution is 2.29. The Bertz CT molecular complexity index is 425. The van der Waals surface area contributed by atoms with Crippen LogP contribution in [0.5, 0.6) is 0 Å². The van der Waals surface area contributed by atoms with Crippen LogP contribution in [0.25, 0.3) is 0 Å². The van der Waals surface area contributed by atoms with E-state index in [0.717, 1.165) is 29.9 Å². The van der Waals surface area contributed by atoms with Crippen molar-refractivity contribution in [3.05, 3.63) is 39.9 Å². The van der Waals surface area contributed by atoms with Crippen LogP contribution in [0.3, 0.4) is 0 Å². The van der Waals surface area contributed by atoms with Crippen molar-refractivity contribution in [2.24, 2.45) is 5.92 Å². The molecule has 0 aromatic heterocycles. The Kier molecular flexibility index (Phi) is 4.60. The van der Waals surface area contributed by atoms with Crippen LogP contribution in [0.1, 0.15) is 12.0 Å². The van der Waals surface area contributed by atoms with E-state index >= 15 is 0 Å². The van der Waals surface area contributed by atoms with Crippen molar-refractivity contribution in [1.82, 2.24) is 5.32 Å². The van der Waals surface area contributed by atoms with E-state index in [1.54, 1.807) is 12.1 Å². The summed E-state index contributed by atoms with van der Waals surface area (Å²) < 4.78 is 0. The molecule has 1 fully saturated rings. The molecular formula is C13H18N2O2S. The van der Waals surface area contributed by atoms with Gasteiger partial charge in [0.15, 0.2) is 0 Å². The van der Waals surface area contributed by atoms with Crippen molar-refractivity contribution in [2.45, 2.75) is 18.9 Å². The van der Waals surface area contributed by atoms with E-state index in [1.807, 2.05) is 30.9 Å². The first-order chi connectivity index (χ1) is 8.72. The molecule has 0 radical (unpaired) electrons. The number of hydrogen-bond donors (Lipinski definition) is 1. The Morgan fingerprint density at radius 2 is 2.22 bits per heavy atom. The smallest absolute Gasteiger partial charge is 0.272 e. The first-order valence-corrected chi connectivity index (χ1v) is 7.35. The minimum atomic E-state index is -0.283. The van der Waals surface area contributed by atoms with Crippen LogP contribution in [0.4, 0.5) is 5.69 Å². The van der Waals surface area contributed by atoms with Gasteiger partial charge in [-0.25, -0.2) is 0 Å². The molecule has 0 aliphatic carbocycles. The van der Waals surface area contributed by atoms with E-state index in [-0.39, 0.29) is 10.6 Å². The third-order valence-corrected chi connectivity index (χ3v) is 4.80. The van der Waals surface area contributed by atoms with Crippen LogP contribution in [-0.4, -0.2) is 29.5 Å². The average molecular weight is 266 g/mol. The number of rotatable bonds is 5. The number of para-hydroxylation sites is 1. The maximum Gasteiger partial charge on any atom is 0.272 e. The van der Waals surface area contributed by atoms with Gasteiger partial charge < -0.3 is 5.32 Å². The molecule has 1 saturated heterocycles. The lowest BCUT2D eigenvalue weighted by molar-refractivity contribution is -0.385. The van der Waals surface area contributed by atoms with Gasteiger partial charge in [-0.2, -0.15) is 11.8 Å². The highest BCUT2D eigenvalue weighted by Gasteiger charge is 2.26. The van der Waals surface area contributed by atoms with Gasteiger partial charge in [-0.3, -0.25) is 10.1 Å². The summed E-state index contributed by atoms with van der Waals surface area (Å²) in [5, 5.41) is 14.3. The highest BCUT2D eigenvalue weighted by atomic mass is 32.2. The molecule has 2 rings (SSSR count). The molecule has 1 aromatic rings. The van der Waals surface area contributed by atoms with Crippen molar-refractivity contribution in [2.75, 3.05) is 18.6 Å². The van der Waals surface area contributed by atoms with Gasteiger partial charge in [-0.15, -0.1) is 0 Å². The Labute approximate surface area is 111 Å². The molecule has 1 aromatic carbocycles. The van der Waals surface area contributed by atoms with Gasteiger partial charge in [-0.1, -0.05) is 18.2 Å². The summed E-state index contributed by atoms with van der Waals surface area (Å²) in [7, 11) is 1.99. The third kappa shape index (κ3) is 3.03. The van der Waals surface area contributed by atoms with Crippen molar-refractivity contribution < 1.29 is 4.92 Å². The zero-order chi connectivity index (χ0) is 13.0. The molecule has 2 atom stereocenters. The summed E-state index contributed by atoms with van der Waals surface area (Å²) in [5.41, 5.74) is 1.11. The lowest BCUT2D eigenvalue weighted by Crippen LogP contribution is -2.32. The monoisotopic (exact) mass is 266 g/mol. The Balaban J connectivity index is 2.00. The van der Waals surface area contributed by atoms with Crippen LogP contribution in [-0.2, 0) is 6.42 Å². The van der Waals surface area contributed by atoms with Crippen LogP contribution in [0.15, 0.2) is 24.3 Å². The molecule has 2 unspecified atom stereocenters. The number of thioether (sulfide) groups is 1. The largest absolute Gasteiger partial charge is 0.316 e. The minimum Gasteiger partial charge on any atom is -0.316 e. The van der Waals surface area contributed by atoms with E-state index < -0.39 is 0 Å². The molecule has 5 heteroatoms. The molecule has 98 valence electrons. The lowest BCUT2D eigenvalue weighted by atomic mass is 9.95. The van der Waals surface area contributed by atoms with Crippen LogP contribution in [0.2, 0.25) is 0 Å². The second-order valence-electron chi connectivity index (χ2n) is 4.62. The summed E-state index contributed by atoms with van der Waals surface area (Å²) in [5.74, 6) is 2.93. The topological polar surface area (TPSA) is 55.2 Å². The number of benzene rings is 1. The zero-order valence-corrected chi connectivity index (χ0v) is 11.3. The number of nitrogens with one attached hydrogen (secondary N) is 1. The minimum absolute atomic E-state index is 0.254. The summed E-state index contributed by atoms with van der Waals surface area (Å²) in [6.45, 7) is 0. The molecule has 1 N–H and O–H groups in total. The van der Waals surface area contributed by atoms with Gasteiger partial charge in [0.05, 0.1) is 4.92 Å². The highest BCUT2D eigenvalue weighted by molar-refractivity contribution is 7.99. The van der Waals surface area contributed by atoms with Crippen molar-refractivity contribution in [3.8, 4) is 0 Å². The maximum atomic E-state index is 10.9. The van der Waals surface area contributed by atoms with Crippen molar-refractivity contribution in [1.29, 1.82) is 0 Å². The number of hydrogen-bond acceptors (Lipinski definition) is 4. The molecule has 0 amide bonds. The summed E-state index contributed by atoms with van der Waals surface area (Å²) in [6, 6.07) is 7.62.